The lowest BCUT2D eigenvalue weighted by atomic mass is 10.2. The Hall–Kier alpha value is -2.16. The summed E-state index contributed by atoms with van der Waals surface area (Å²) in [5, 5.41) is 2.84. The van der Waals surface area contributed by atoms with Gasteiger partial charge in [-0.1, -0.05) is 52.0 Å². The average molecular weight is 491 g/mol. The Kier molecular flexibility index (Phi) is 7.46. The number of hydrogen-bond donors (Lipinski definition) is 1. The Morgan fingerprint density at radius 1 is 1.28 bits per heavy atom. The molecule has 0 unspecified atom stereocenters. The molecule has 0 aromatic heterocycles. The molecule has 0 radical (unpaired) electrons. The molecule has 0 spiro atoms. The third kappa shape index (κ3) is 5.91. The number of thiocarbonyl (C=S) groups is 1. The van der Waals surface area contributed by atoms with Gasteiger partial charge in [0.2, 0.25) is 5.91 Å². The smallest absolute Gasteiger partial charge is 0.266 e. The Morgan fingerprint density at radius 2 is 2.03 bits per heavy atom. The topological polar surface area (TPSA) is 58.6 Å². The molecule has 29 heavy (non-hydrogen) atoms. The fourth-order valence-electron chi connectivity index (χ4n) is 2.73. The summed E-state index contributed by atoms with van der Waals surface area (Å²) in [5.74, 6) is 0.506. The summed E-state index contributed by atoms with van der Waals surface area (Å²) in [7, 11) is 1.60. The van der Waals surface area contributed by atoms with Crippen molar-refractivity contribution in [3.05, 3.63) is 63.5 Å². The molecule has 0 bridgehead atoms. The molecule has 8 heteroatoms. The summed E-state index contributed by atoms with van der Waals surface area (Å²) in [5.41, 5.74) is 1.61. The van der Waals surface area contributed by atoms with Gasteiger partial charge in [-0.25, -0.2) is 0 Å². The maximum absolute atomic E-state index is 12.7. The highest BCUT2D eigenvalue weighted by Gasteiger charge is 2.31. The van der Waals surface area contributed by atoms with Crippen LogP contribution in [0, 0.1) is 0 Å². The lowest BCUT2D eigenvalue weighted by Crippen LogP contribution is -2.29. The summed E-state index contributed by atoms with van der Waals surface area (Å²) in [6.45, 7) is 0.411. The number of nitrogens with zero attached hydrogens (tertiary/aromatic N) is 1. The van der Waals surface area contributed by atoms with Crippen LogP contribution in [0.4, 0.5) is 5.69 Å². The first-order valence-electron chi connectivity index (χ1n) is 8.91. The van der Waals surface area contributed by atoms with E-state index in [4.69, 9.17) is 17.0 Å². The van der Waals surface area contributed by atoms with E-state index in [1.54, 1.807) is 12.0 Å². The Bertz CT molecular complexity index is 961. The van der Waals surface area contributed by atoms with Crippen molar-refractivity contribution in [3.8, 4) is 5.75 Å². The quantitative estimate of drug-likeness (QED) is 0.433. The Morgan fingerprint density at radius 3 is 2.76 bits per heavy atom. The van der Waals surface area contributed by atoms with Crippen LogP contribution in [-0.2, 0) is 9.59 Å². The molecule has 3 rings (SSSR count). The monoisotopic (exact) mass is 490 g/mol. The van der Waals surface area contributed by atoms with E-state index < -0.39 is 0 Å². The van der Waals surface area contributed by atoms with E-state index in [0.29, 0.717) is 28.6 Å². The zero-order valence-electron chi connectivity index (χ0n) is 15.7. The second-order valence-corrected chi connectivity index (χ2v) is 8.86. The Labute approximate surface area is 187 Å². The van der Waals surface area contributed by atoms with Gasteiger partial charge < -0.3 is 10.1 Å². The summed E-state index contributed by atoms with van der Waals surface area (Å²) in [4.78, 5) is 26.9. The molecule has 2 aromatic rings. The van der Waals surface area contributed by atoms with Crippen LogP contribution in [0.15, 0.2) is 57.9 Å². The first-order valence-corrected chi connectivity index (χ1v) is 10.9. The molecule has 0 saturated carbocycles. The van der Waals surface area contributed by atoms with Crippen molar-refractivity contribution in [3.63, 3.8) is 0 Å². The van der Waals surface area contributed by atoms with Gasteiger partial charge in [0.15, 0.2) is 0 Å². The second-order valence-electron chi connectivity index (χ2n) is 6.27. The van der Waals surface area contributed by atoms with E-state index in [0.717, 1.165) is 21.5 Å². The zero-order chi connectivity index (χ0) is 20.8. The summed E-state index contributed by atoms with van der Waals surface area (Å²) in [6, 6.07) is 14.9. The van der Waals surface area contributed by atoms with Crippen molar-refractivity contribution in [2.24, 2.45) is 0 Å². The highest BCUT2D eigenvalue weighted by molar-refractivity contribution is 9.10. The number of ether oxygens (including phenoxy) is 1. The summed E-state index contributed by atoms with van der Waals surface area (Å²) >= 11 is 9.99. The molecule has 1 saturated heterocycles. The average Bonchev–Trinajstić information content (AvgIpc) is 2.97. The lowest BCUT2D eigenvalue weighted by molar-refractivity contribution is -0.122. The van der Waals surface area contributed by atoms with Crippen LogP contribution in [0.1, 0.15) is 18.4 Å². The van der Waals surface area contributed by atoms with Gasteiger partial charge in [-0.15, -0.1) is 0 Å². The molecule has 2 aromatic carbocycles. The molecule has 5 nitrogen and oxygen atoms in total. The second kappa shape index (κ2) is 10.0. The van der Waals surface area contributed by atoms with Crippen LogP contribution in [-0.4, -0.2) is 34.7 Å². The first kappa shape index (κ1) is 21.5. The Balaban J connectivity index is 1.54. The fraction of sp³-hybridized carbons (Fsp3) is 0.190. The number of benzene rings is 2. The minimum absolute atomic E-state index is 0.0929. The number of carbonyl (C=O) groups is 2. The number of carbonyl (C=O) groups excluding carboxylic acids is 2. The van der Waals surface area contributed by atoms with E-state index in [-0.39, 0.29) is 11.8 Å². The number of thioether (sulfide) groups is 1. The zero-order valence-corrected chi connectivity index (χ0v) is 18.9. The molecule has 0 atom stereocenters. The maximum Gasteiger partial charge on any atom is 0.266 e. The minimum Gasteiger partial charge on any atom is -0.497 e. The molecule has 150 valence electrons. The molecule has 0 aliphatic carbocycles. The first-order chi connectivity index (χ1) is 14.0. The van der Waals surface area contributed by atoms with Crippen molar-refractivity contribution in [1.29, 1.82) is 0 Å². The van der Waals surface area contributed by atoms with Crippen LogP contribution in [0.3, 0.4) is 0 Å². The maximum atomic E-state index is 12.7. The normalized spacial score (nSPS) is 15.1. The molecule has 1 heterocycles. The van der Waals surface area contributed by atoms with Gasteiger partial charge in [0.25, 0.3) is 5.91 Å². The van der Waals surface area contributed by atoms with E-state index >= 15 is 0 Å². The number of hydrogen-bond acceptors (Lipinski definition) is 5. The molecule has 2 amide bonds. The van der Waals surface area contributed by atoms with Crippen LogP contribution in [0.25, 0.3) is 6.08 Å². The number of rotatable bonds is 7. The molecule has 1 aliphatic heterocycles. The van der Waals surface area contributed by atoms with E-state index in [2.05, 4.69) is 21.2 Å². The van der Waals surface area contributed by atoms with Crippen molar-refractivity contribution < 1.29 is 14.3 Å². The summed E-state index contributed by atoms with van der Waals surface area (Å²) in [6.07, 6.45) is 2.64. The number of anilines is 1. The van der Waals surface area contributed by atoms with Crippen LogP contribution >= 0.6 is 39.9 Å². The third-order valence-corrected chi connectivity index (χ3v) is 6.09. The lowest BCUT2D eigenvalue weighted by Gasteiger charge is -2.14. The van der Waals surface area contributed by atoms with Crippen molar-refractivity contribution in [2.45, 2.75) is 12.8 Å². The predicted octanol–water partition coefficient (Wildman–Crippen LogP) is 5.08. The van der Waals surface area contributed by atoms with Gasteiger partial charge in [-0.2, -0.15) is 0 Å². The van der Waals surface area contributed by atoms with Crippen LogP contribution < -0.4 is 10.1 Å². The van der Waals surface area contributed by atoms with Crippen molar-refractivity contribution in [1.82, 2.24) is 4.90 Å². The van der Waals surface area contributed by atoms with Gasteiger partial charge in [-0.05, 0) is 54.5 Å². The number of nitrogens with one attached hydrogen (secondary N) is 1. The largest absolute Gasteiger partial charge is 0.497 e. The SMILES string of the molecule is COc1cccc(C=C2SC(=S)N(CCCC(=O)Nc3ccc(Br)cc3)C2=O)c1. The van der Waals surface area contributed by atoms with E-state index in [1.165, 1.54) is 11.8 Å². The van der Waals surface area contributed by atoms with Crippen LogP contribution in [0.5, 0.6) is 5.75 Å². The minimum atomic E-state index is -0.129. The fourth-order valence-corrected chi connectivity index (χ4v) is 4.30. The van der Waals surface area contributed by atoms with Gasteiger partial charge in [0.1, 0.15) is 10.1 Å². The highest BCUT2D eigenvalue weighted by Crippen LogP contribution is 2.33. The molecule has 1 N–H and O–H groups in total. The van der Waals surface area contributed by atoms with Crippen LogP contribution in [0.2, 0.25) is 0 Å². The van der Waals surface area contributed by atoms with Gasteiger partial charge in [0.05, 0.1) is 12.0 Å². The standard InChI is InChI=1S/C21H19BrN2O3S2/c1-27-17-5-2-4-14(12-17)13-18-20(26)24(21(28)29-18)11-3-6-19(25)23-16-9-7-15(22)8-10-16/h2,4-5,7-10,12-13H,3,6,11H2,1H3,(H,23,25). The van der Waals surface area contributed by atoms with E-state index in [9.17, 15) is 9.59 Å². The molecular weight excluding hydrogens is 472 g/mol. The highest BCUT2D eigenvalue weighted by atomic mass is 79.9. The van der Waals surface area contributed by atoms with Crippen molar-refractivity contribution in [2.75, 3.05) is 19.0 Å². The number of amides is 2. The van der Waals surface area contributed by atoms with Gasteiger partial charge in [-0.3, -0.25) is 14.5 Å². The van der Waals surface area contributed by atoms with Crippen molar-refractivity contribution >= 4 is 67.8 Å². The molecule has 1 aliphatic rings. The number of halogens is 1. The van der Waals surface area contributed by atoms with E-state index in [1.807, 2.05) is 54.6 Å². The van der Waals surface area contributed by atoms with Gasteiger partial charge >= 0.3 is 0 Å². The molecule has 1 fully saturated rings. The number of methoxy groups -OCH3 is 1. The predicted molar refractivity (Wildman–Crippen MR) is 125 cm³/mol. The summed E-state index contributed by atoms with van der Waals surface area (Å²) < 4.78 is 6.68. The third-order valence-electron chi connectivity index (χ3n) is 4.18. The molecular formula is C21H19BrN2O3S2. The van der Waals surface area contributed by atoms with Gasteiger partial charge in [0, 0.05) is 23.1 Å².